The van der Waals surface area contributed by atoms with Crippen molar-refractivity contribution in [1.29, 1.82) is 0 Å². The second kappa shape index (κ2) is 9.52. The summed E-state index contributed by atoms with van der Waals surface area (Å²) in [7, 11) is 1.55. The molecule has 7 nitrogen and oxygen atoms in total. The Kier molecular flexibility index (Phi) is 6.59. The van der Waals surface area contributed by atoms with Gasteiger partial charge in [0, 0.05) is 19.4 Å². The van der Waals surface area contributed by atoms with E-state index in [1.54, 1.807) is 13.2 Å². The summed E-state index contributed by atoms with van der Waals surface area (Å²) >= 11 is 0. The zero-order chi connectivity index (χ0) is 24.7. The first-order valence-electron chi connectivity index (χ1n) is 12.5. The van der Waals surface area contributed by atoms with Crippen LogP contribution in [0.5, 0.6) is 0 Å². The monoisotopic (exact) mass is 482 g/mol. The molecule has 3 heterocycles. The molecule has 6 rings (SSSR count). The summed E-state index contributed by atoms with van der Waals surface area (Å²) in [5.41, 5.74) is 0.458. The maximum absolute atomic E-state index is 13.4. The molecular weight excluding hydrogens is 448 g/mol. The van der Waals surface area contributed by atoms with Gasteiger partial charge in [0.1, 0.15) is 24.6 Å². The summed E-state index contributed by atoms with van der Waals surface area (Å²) in [5.74, 6) is -0.391. The zero-order valence-corrected chi connectivity index (χ0v) is 20.8. The first-order valence-corrected chi connectivity index (χ1v) is 12.5. The number of carbonyl (C=O) groups excluding carboxylic acids is 2. The molecule has 1 saturated carbocycles. The third-order valence-corrected chi connectivity index (χ3v) is 7.91. The number of carbonyl (C=O) groups is 2. The number of benzene rings is 1. The average molecular weight is 483 g/mol. The van der Waals surface area contributed by atoms with Crippen LogP contribution in [-0.4, -0.2) is 49.6 Å². The third-order valence-electron chi connectivity index (χ3n) is 7.91. The Morgan fingerprint density at radius 1 is 1.06 bits per heavy atom. The smallest absolute Gasteiger partial charge is 0.341 e. The van der Waals surface area contributed by atoms with E-state index in [0.29, 0.717) is 30.8 Å². The first kappa shape index (κ1) is 24.2. The van der Waals surface area contributed by atoms with E-state index in [4.69, 9.17) is 23.7 Å². The van der Waals surface area contributed by atoms with Gasteiger partial charge in [-0.1, -0.05) is 57.2 Å². The van der Waals surface area contributed by atoms with Crippen LogP contribution < -0.4 is 0 Å². The van der Waals surface area contributed by atoms with E-state index in [0.717, 1.165) is 5.56 Å². The lowest BCUT2D eigenvalue weighted by Gasteiger charge is -2.55. The number of hydrogen-bond acceptors (Lipinski definition) is 7. The fourth-order valence-electron chi connectivity index (χ4n) is 6.26. The Morgan fingerprint density at radius 2 is 1.83 bits per heavy atom. The molecule has 3 aliphatic heterocycles. The standard InChI is InChI=1S/C28H34O7/c1-16-12-17(2)23(33-15-31-4)22-26-28(35-27(22)30)13-18(3)24(34-26)25(20(28)10-11-21(16)29)32-14-19-8-6-5-7-9-19/h5-11,16-18,20,23-25H,12-15H2,1-4H3/b11-10+/t16-,17+,18+,20+,23+,24+,25+,28+/m0/s1. The molecule has 0 unspecified atom stereocenters. The van der Waals surface area contributed by atoms with Crippen LogP contribution in [0.25, 0.3) is 0 Å². The Hall–Kier alpha value is -2.48. The minimum atomic E-state index is -1.01. The molecular formula is C28H34O7. The van der Waals surface area contributed by atoms with Gasteiger partial charge in [0.25, 0.3) is 0 Å². The van der Waals surface area contributed by atoms with Crippen molar-refractivity contribution >= 4 is 11.8 Å². The number of ketones is 1. The number of esters is 1. The van der Waals surface area contributed by atoms with Gasteiger partial charge in [-0.05, 0) is 29.9 Å². The van der Waals surface area contributed by atoms with E-state index in [9.17, 15) is 9.59 Å². The fraction of sp³-hybridized carbons (Fsp3) is 0.571. The van der Waals surface area contributed by atoms with E-state index in [2.05, 4.69) is 6.92 Å². The summed E-state index contributed by atoms with van der Waals surface area (Å²) in [5, 5.41) is 0. The maximum atomic E-state index is 13.4. The molecule has 7 heteroatoms. The van der Waals surface area contributed by atoms with Crippen molar-refractivity contribution in [3.8, 4) is 0 Å². The Morgan fingerprint density at radius 3 is 2.57 bits per heavy atom. The molecule has 2 aliphatic carbocycles. The highest BCUT2D eigenvalue weighted by atomic mass is 16.7. The fourth-order valence-corrected chi connectivity index (χ4v) is 6.26. The number of hydrogen-bond donors (Lipinski definition) is 0. The van der Waals surface area contributed by atoms with Crippen LogP contribution in [0, 0.1) is 23.7 Å². The molecule has 0 aromatic heterocycles. The largest absolute Gasteiger partial charge is 0.487 e. The van der Waals surface area contributed by atoms with Gasteiger partial charge in [-0.3, -0.25) is 4.79 Å². The van der Waals surface area contributed by atoms with E-state index >= 15 is 0 Å². The highest BCUT2D eigenvalue weighted by molar-refractivity contribution is 5.95. The second-order valence-electron chi connectivity index (χ2n) is 10.4. The molecule has 0 N–H and O–H groups in total. The lowest BCUT2D eigenvalue weighted by molar-refractivity contribution is -0.234. The number of rotatable bonds is 6. The van der Waals surface area contributed by atoms with Gasteiger partial charge in [-0.2, -0.15) is 0 Å². The molecule has 1 aromatic carbocycles. The van der Waals surface area contributed by atoms with Crippen molar-refractivity contribution in [2.45, 2.75) is 64.1 Å². The summed E-state index contributed by atoms with van der Waals surface area (Å²) in [6.07, 6.45) is 3.48. The molecule has 35 heavy (non-hydrogen) atoms. The maximum Gasteiger partial charge on any atom is 0.341 e. The number of allylic oxidation sites excluding steroid dienone is 1. The van der Waals surface area contributed by atoms with Gasteiger partial charge >= 0.3 is 5.97 Å². The van der Waals surface area contributed by atoms with E-state index in [1.165, 1.54) is 0 Å². The molecule has 1 spiro atoms. The van der Waals surface area contributed by atoms with Crippen molar-refractivity contribution in [3.05, 3.63) is 59.4 Å². The Labute approximate surface area is 206 Å². The molecule has 0 radical (unpaired) electrons. The molecule has 1 aromatic rings. The van der Waals surface area contributed by atoms with Gasteiger partial charge in [-0.15, -0.1) is 0 Å². The molecule has 188 valence electrons. The van der Waals surface area contributed by atoms with Crippen LogP contribution in [0.2, 0.25) is 0 Å². The van der Waals surface area contributed by atoms with Crippen LogP contribution in [0.1, 0.15) is 39.2 Å². The van der Waals surface area contributed by atoms with Crippen LogP contribution in [0.15, 0.2) is 53.8 Å². The molecule has 5 bridgehead atoms. The molecule has 0 amide bonds. The summed E-state index contributed by atoms with van der Waals surface area (Å²) < 4.78 is 30.4. The highest BCUT2D eigenvalue weighted by Gasteiger charge is 2.67. The van der Waals surface area contributed by atoms with Crippen LogP contribution in [-0.2, 0) is 39.9 Å². The highest BCUT2D eigenvalue weighted by Crippen LogP contribution is 2.58. The molecule has 2 saturated heterocycles. The van der Waals surface area contributed by atoms with Crippen molar-refractivity contribution in [2.75, 3.05) is 13.9 Å². The van der Waals surface area contributed by atoms with E-state index in [-0.39, 0.29) is 48.5 Å². The van der Waals surface area contributed by atoms with Crippen LogP contribution in [0.4, 0.5) is 0 Å². The van der Waals surface area contributed by atoms with Gasteiger partial charge < -0.3 is 23.7 Å². The van der Waals surface area contributed by atoms with E-state index < -0.39 is 17.7 Å². The Bertz CT molecular complexity index is 1030. The first-order chi connectivity index (χ1) is 16.9. The molecule has 3 fully saturated rings. The van der Waals surface area contributed by atoms with Crippen LogP contribution >= 0.6 is 0 Å². The molecule has 8 atom stereocenters. The average Bonchev–Trinajstić information content (AvgIpc) is 3.12. The minimum absolute atomic E-state index is 0.0265. The van der Waals surface area contributed by atoms with Crippen molar-refractivity contribution < 1.29 is 33.3 Å². The summed E-state index contributed by atoms with van der Waals surface area (Å²) in [6.45, 7) is 6.44. The predicted molar refractivity (Wildman–Crippen MR) is 127 cm³/mol. The second-order valence-corrected chi connectivity index (χ2v) is 10.4. The topological polar surface area (TPSA) is 80.3 Å². The van der Waals surface area contributed by atoms with Crippen molar-refractivity contribution in [2.24, 2.45) is 23.7 Å². The van der Waals surface area contributed by atoms with Crippen LogP contribution in [0.3, 0.4) is 0 Å². The lowest BCUT2D eigenvalue weighted by Crippen LogP contribution is -2.64. The molecule has 5 aliphatic rings. The van der Waals surface area contributed by atoms with Gasteiger partial charge in [0.15, 0.2) is 17.1 Å². The SMILES string of the molecule is COCO[C@H]1C2=C3O[C@H]4[C@H](OCc5ccccc5)[C@@H](/C=C/C(=O)[C@@H](C)C[C@H]1C)[C@@]3(C[C@H]4C)OC2=O. The zero-order valence-electron chi connectivity index (χ0n) is 20.8. The summed E-state index contributed by atoms with van der Waals surface area (Å²) in [6, 6.07) is 9.95. The van der Waals surface area contributed by atoms with Gasteiger partial charge in [0.2, 0.25) is 0 Å². The Balaban J connectivity index is 1.59. The minimum Gasteiger partial charge on any atom is -0.487 e. The van der Waals surface area contributed by atoms with Crippen molar-refractivity contribution in [3.63, 3.8) is 0 Å². The third kappa shape index (κ3) is 4.13. The number of methoxy groups -OCH3 is 1. The summed E-state index contributed by atoms with van der Waals surface area (Å²) in [4.78, 5) is 26.5. The van der Waals surface area contributed by atoms with Gasteiger partial charge in [-0.25, -0.2) is 4.79 Å². The predicted octanol–water partition coefficient (Wildman–Crippen LogP) is 3.97. The quantitative estimate of drug-likeness (QED) is 0.448. The van der Waals surface area contributed by atoms with Crippen molar-refractivity contribution in [1.82, 2.24) is 0 Å². The lowest BCUT2D eigenvalue weighted by atomic mass is 9.64. The number of ether oxygens (including phenoxy) is 5. The van der Waals surface area contributed by atoms with E-state index in [1.807, 2.05) is 50.3 Å². The number of fused-ring (bicyclic) bond motifs is 1. The van der Waals surface area contributed by atoms with Gasteiger partial charge in [0.05, 0.1) is 18.6 Å². The normalized spacial score (nSPS) is 39.1.